The largest absolute Gasteiger partial charge is 0.471 e. The van der Waals surface area contributed by atoms with E-state index < -0.39 is 74.4 Å². The first-order valence-corrected chi connectivity index (χ1v) is 20.1. The average Bonchev–Trinajstić information content (AvgIpc) is 4.03. The molecule has 17 heteroatoms. The topological polar surface area (TPSA) is 195 Å². The lowest BCUT2D eigenvalue weighted by atomic mass is 10.0. The van der Waals surface area contributed by atoms with Crippen LogP contribution in [0.25, 0.3) is 11.0 Å². The van der Waals surface area contributed by atoms with E-state index in [0.717, 1.165) is 12.8 Å². The zero-order valence-electron chi connectivity index (χ0n) is 30.5. The number of sulfonamides is 1. The molecule has 1 unspecified atom stereocenters. The second-order valence-corrected chi connectivity index (χ2v) is 16.7. The Balaban J connectivity index is 1.21. The highest BCUT2D eigenvalue weighted by atomic mass is 32.2. The van der Waals surface area contributed by atoms with Gasteiger partial charge in [-0.1, -0.05) is 31.9 Å². The number of amides is 4. The number of fused-ring (bicyclic) bond motifs is 3. The zero-order chi connectivity index (χ0) is 38.4. The number of ether oxygens (including phenoxy) is 1. The van der Waals surface area contributed by atoms with E-state index in [9.17, 15) is 32.0 Å². The van der Waals surface area contributed by atoms with E-state index in [0.29, 0.717) is 55.4 Å². The number of nitrogens with one attached hydrogen (secondary N) is 3. The lowest BCUT2D eigenvalue weighted by Gasteiger charge is -2.30. The lowest BCUT2D eigenvalue weighted by Crippen LogP contribution is -2.58. The summed E-state index contributed by atoms with van der Waals surface area (Å²) in [5.41, 5.74) is 0.637. The zero-order valence-corrected chi connectivity index (χ0v) is 31.3. The van der Waals surface area contributed by atoms with Gasteiger partial charge in [0.15, 0.2) is 0 Å². The van der Waals surface area contributed by atoms with Gasteiger partial charge in [-0.25, -0.2) is 22.8 Å². The van der Waals surface area contributed by atoms with E-state index in [1.807, 2.05) is 19.1 Å². The first-order chi connectivity index (χ1) is 25.8. The fourth-order valence-electron chi connectivity index (χ4n) is 7.43. The average molecular weight is 765 g/mol. The summed E-state index contributed by atoms with van der Waals surface area (Å²) in [6.07, 6.45) is 7.65. The van der Waals surface area contributed by atoms with Crippen molar-refractivity contribution in [3.63, 3.8) is 0 Å². The van der Waals surface area contributed by atoms with Gasteiger partial charge < -0.3 is 20.3 Å². The SMILES string of the molecule is CCc1nc2ccc(F)cc2nc1O[C@@H]1C[C@H]2C(=O)N[C@]3(C(=O)NS(=O)(=O)C4CC4)CC3/C=C\CCCCC[C@H](NC(=O)c3cc(C)nn3C)C(=O)N2C1. The molecule has 4 aliphatic rings. The van der Waals surface area contributed by atoms with E-state index in [4.69, 9.17) is 4.74 Å². The van der Waals surface area contributed by atoms with Crippen LogP contribution in [0.1, 0.15) is 86.6 Å². The van der Waals surface area contributed by atoms with Crippen LogP contribution in [0.4, 0.5) is 4.39 Å². The summed E-state index contributed by atoms with van der Waals surface area (Å²) in [6, 6.07) is 3.53. The van der Waals surface area contributed by atoms with E-state index in [1.165, 1.54) is 27.8 Å². The molecule has 2 aromatic heterocycles. The predicted molar refractivity (Wildman–Crippen MR) is 194 cm³/mol. The Morgan fingerprint density at radius 3 is 2.61 bits per heavy atom. The van der Waals surface area contributed by atoms with Crippen LogP contribution >= 0.6 is 0 Å². The summed E-state index contributed by atoms with van der Waals surface area (Å²) in [5, 5.41) is 9.35. The van der Waals surface area contributed by atoms with Crippen molar-refractivity contribution in [1.82, 2.24) is 40.0 Å². The quantitative estimate of drug-likeness (QED) is 0.287. The minimum absolute atomic E-state index is 0.0102. The molecule has 2 saturated carbocycles. The Morgan fingerprint density at radius 1 is 1.09 bits per heavy atom. The second-order valence-electron chi connectivity index (χ2n) is 14.8. The maximum absolute atomic E-state index is 14.6. The Labute approximate surface area is 312 Å². The van der Waals surface area contributed by atoms with Gasteiger partial charge >= 0.3 is 0 Å². The van der Waals surface area contributed by atoms with Crippen molar-refractivity contribution >= 4 is 44.7 Å². The van der Waals surface area contributed by atoms with E-state index in [1.54, 1.807) is 20.0 Å². The fourth-order valence-corrected chi connectivity index (χ4v) is 8.80. The third kappa shape index (κ3) is 7.68. The van der Waals surface area contributed by atoms with Gasteiger partial charge in [-0.2, -0.15) is 5.10 Å². The number of nitrogens with zero attached hydrogens (tertiary/aromatic N) is 5. The Morgan fingerprint density at radius 2 is 1.89 bits per heavy atom. The lowest BCUT2D eigenvalue weighted by molar-refractivity contribution is -0.141. The van der Waals surface area contributed by atoms with Gasteiger partial charge in [-0.05, 0) is 70.1 Å². The predicted octanol–water partition coefficient (Wildman–Crippen LogP) is 2.52. The molecular formula is C37H45FN8O7S. The molecule has 15 nitrogen and oxygen atoms in total. The first kappa shape index (κ1) is 37.4. The van der Waals surface area contributed by atoms with Gasteiger partial charge in [0.25, 0.3) is 11.8 Å². The van der Waals surface area contributed by atoms with Crippen LogP contribution in [0.5, 0.6) is 5.88 Å². The van der Waals surface area contributed by atoms with Crippen molar-refractivity contribution in [3.05, 3.63) is 59.3 Å². The molecule has 0 spiro atoms. The highest BCUT2D eigenvalue weighted by Crippen LogP contribution is 2.46. The Hall–Kier alpha value is -4.93. The van der Waals surface area contributed by atoms with Crippen molar-refractivity contribution in [2.24, 2.45) is 13.0 Å². The smallest absolute Gasteiger partial charge is 0.270 e. The summed E-state index contributed by atoms with van der Waals surface area (Å²) in [4.78, 5) is 66.7. The third-order valence-electron chi connectivity index (χ3n) is 10.7. The van der Waals surface area contributed by atoms with Gasteiger partial charge in [-0.15, -0.1) is 0 Å². The van der Waals surface area contributed by atoms with Gasteiger partial charge in [0.2, 0.25) is 27.7 Å². The van der Waals surface area contributed by atoms with Crippen LogP contribution in [0.15, 0.2) is 36.4 Å². The maximum atomic E-state index is 14.6. The molecule has 3 aromatic rings. The molecule has 5 atom stereocenters. The van der Waals surface area contributed by atoms with Crippen molar-refractivity contribution in [2.45, 2.75) is 107 Å². The molecule has 0 radical (unpaired) electrons. The van der Waals surface area contributed by atoms with Crippen LogP contribution < -0.4 is 20.1 Å². The molecule has 7 rings (SSSR count). The number of carbonyl (C=O) groups is 4. The minimum atomic E-state index is -3.91. The summed E-state index contributed by atoms with van der Waals surface area (Å²) in [5.74, 6) is -3.28. The molecular weight excluding hydrogens is 720 g/mol. The van der Waals surface area contributed by atoms with E-state index in [-0.39, 0.29) is 36.5 Å². The summed E-state index contributed by atoms with van der Waals surface area (Å²) >= 11 is 0. The van der Waals surface area contributed by atoms with Crippen LogP contribution in [-0.4, -0.2) is 92.2 Å². The van der Waals surface area contributed by atoms with E-state index in [2.05, 4.69) is 30.4 Å². The number of hydrogen-bond acceptors (Lipinski definition) is 10. The van der Waals surface area contributed by atoms with Crippen LogP contribution in [0.3, 0.4) is 0 Å². The minimum Gasteiger partial charge on any atom is -0.471 e. The van der Waals surface area contributed by atoms with Gasteiger partial charge in [0.1, 0.15) is 40.9 Å². The van der Waals surface area contributed by atoms with Crippen molar-refractivity contribution in [2.75, 3.05) is 6.54 Å². The van der Waals surface area contributed by atoms with Gasteiger partial charge in [0, 0.05) is 25.5 Å². The normalized spacial score (nSPS) is 26.9. The van der Waals surface area contributed by atoms with Crippen molar-refractivity contribution in [3.8, 4) is 5.88 Å². The molecule has 1 aromatic carbocycles. The van der Waals surface area contributed by atoms with Crippen molar-refractivity contribution < 1.29 is 36.7 Å². The number of allylic oxidation sites excluding steroid dienone is 1. The molecule has 4 heterocycles. The number of benzene rings is 1. The summed E-state index contributed by atoms with van der Waals surface area (Å²) < 4.78 is 49.8. The fraction of sp³-hybridized carbons (Fsp3) is 0.541. The molecule has 4 amide bonds. The molecule has 3 fully saturated rings. The number of aromatic nitrogens is 4. The second kappa shape index (κ2) is 14.7. The molecule has 2 aliphatic heterocycles. The first-order valence-electron chi connectivity index (χ1n) is 18.6. The molecule has 288 valence electrons. The molecule has 1 saturated heterocycles. The van der Waals surface area contributed by atoms with Gasteiger partial charge in [0.05, 0.1) is 28.5 Å². The molecule has 2 aliphatic carbocycles. The highest BCUT2D eigenvalue weighted by Gasteiger charge is 2.62. The number of rotatable bonds is 8. The molecule has 3 N–H and O–H groups in total. The number of aryl methyl sites for hydroxylation is 3. The standard InChI is InChI=1S/C37H45FN8O7S/c1-4-26-34(41-29-17-23(38)12-15-27(29)39-26)53-24-18-31-33(48)42-37(36(50)44-54(51,52)25-13-14-25)19-22(37)10-8-6-5-7-9-11-28(35(49)46(31)20-24)40-32(47)30-16-21(2)43-45(30)3/h8,10,12,15-17,22,24-25,28,31H,4-7,9,11,13-14,18-20H2,1-3H3,(H,40,47)(H,42,48)(H,44,50)/b10-8-/t22?,24-,28+,31+,37-/m1/s1. The molecule has 54 heavy (non-hydrogen) atoms. The third-order valence-corrected chi connectivity index (χ3v) is 12.5. The number of hydrogen-bond donors (Lipinski definition) is 3. The van der Waals surface area contributed by atoms with Gasteiger partial charge in [-0.3, -0.25) is 28.6 Å². The highest BCUT2D eigenvalue weighted by molar-refractivity contribution is 7.91. The van der Waals surface area contributed by atoms with E-state index >= 15 is 0 Å². The number of carbonyl (C=O) groups excluding carboxylic acids is 4. The Bertz CT molecular complexity index is 2140. The van der Waals surface area contributed by atoms with Crippen molar-refractivity contribution in [1.29, 1.82) is 0 Å². The summed E-state index contributed by atoms with van der Waals surface area (Å²) in [6.45, 7) is 3.55. The molecule has 0 bridgehead atoms. The summed E-state index contributed by atoms with van der Waals surface area (Å²) in [7, 11) is -2.27. The monoisotopic (exact) mass is 764 g/mol. The maximum Gasteiger partial charge on any atom is 0.270 e. The number of halogens is 1. The van der Waals surface area contributed by atoms with Crippen LogP contribution in [0.2, 0.25) is 0 Å². The van der Waals surface area contributed by atoms with Crippen LogP contribution in [-0.2, 0) is 37.9 Å². The van der Waals surface area contributed by atoms with Crippen LogP contribution in [0, 0.1) is 18.7 Å². The Kier molecular flexibility index (Phi) is 10.2.